The van der Waals surface area contributed by atoms with Crippen molar-refractivity contribution in [2.75, 3.05) is 0 Å². The van der Waals surface area contributed by atoms with E-state index >= 15 is 0 Å². The van der Waals surface area contributed by atoms with E-state index < -0.39 is 0 Å². The number of hydrogen-bond acceptors (Lipinski definition) is 2. The first-order chi connectivity index (χ1) is 34.3. The quantitative estimate of drug-likeness (QED) is 0.127. The first-order valence-corrected chi connectivity index (χ1v) is 24.9. The van der Waals surface area contributed by atoms with Gasteiger partial charge in [-0.15, -0.1) is 29.7 Å². The summed E-state index contributed by atoms with van der Waals surface area (Å²) in [5.41, 5.74) is 19.6. The Morgan fingerprint density at radius 3 is 1.93 bits per heavy atom. The van der Waals surface area contributed by atoms with Crippen LogP contribution in [0.5, 0.6) is 11.5 Å². The monoisotopic (exact) mass is 1110 g/mol. The molecule has 4 heterocycles. The maximum Gasteiger partial charge on any atom is 0.268 e. The Kier molecular flexibility index (Phi) is 10.7. The van der Waals surface area contributed by atoms with Gasteiger partial charge in [-0.05, 0) is 120 Å². The summed E-state index contributed by atoms with van der Waals surface area (Å²) < 4.78 is 13.4. The van der Waals surface area contributed by atoms with Crippen molar-refractivity contribution >= 4 is 32.8 Å². The zero-order valence-corrected chi connectivity index (χ0v) is 43.9. The van der Waals surface area contributed by atoms with Crippen molar-refractivity contribution in [2.24, 2.45) is 0 Å². The third kappa shape index (κ3) is 7.30. The Balaban J connectivity index is 0.00000530. The standard InChI is InChI=1S/C66H54N4O.Pt/c1-64(2,3)43-33-36-67-61(38-43)70-58-27-13-12-23-52(58)53-31-30-46(40-60(53)70)71-45-18-14-17-44(39-45)68-41-69-62-47(42-29-32-56-57(37-42)66(6,7)35-34-65(56,4)5)24-15-25-54(62)50-21-10-8-19-48(50)49-20-9-11-22-51(49)55-26-16-28-59(68)63(55)69;/h8-33,36-38H,34-35H2,1-7H3;/q-2;. The zero-order valence-electron chi connectivity index (χ0n) is 41.7. The van der Waals surface area contributed by atoms with Crippen molar-refractivity contribution in [1.29, 1.82) is 0 Å². The molecule has 0 unspecified atom stereocenters. The van der Waals surface area contributed by atoms with Crippen molar-refractivity contribution in [2.45, 2.75) is 77.6 Å². The summed E-state index contributed by atoms with van der Waals surface area (Å²) in [6.45, 7) is 16.3. The number of benzene rings is 8. The van der Waals surface area contributed by atoms with Gasteiger partial charge in [-0.25, -0.2) is 4.98 Å². The van der Waals surface area contributed by atoms with Crippen LogP contribution in [0.2, 0.25) is 0 Å². The second-order valence-electron chi connectivity index (χ2n) is 21.9. The summed E-state index contributed by atoms with van der Waals surface area (Å²) in [4.78, 5) is 4.89. The van der Waals surface area contributed by atoms with Crippen molar-refractivity contribution in [3.63, 3.8) is 0 Å². The number of imidazole rings is 1. The van der Waals surface area contributed by atoms with E-state index in [0.717, 1.165) is 73.1 Å². The molecule has 0 amide bonds. The fourth-order valence-corrected chi connectivity index (χ4v) is 11.5. The molecule has 0 saturated heterocycles. The molecule has 0 saturated carbocycles. The van der Waals surface area contributed by atoms with Gasteiger partial charge in [0.05, 0.1) is 16.7 Å². The minimum atomic E-state index is -0.0355. The average Bonchev–Trinajstić information content (AvgIpc) is 3.94. The number of aromatic nitrogens is 4. The van der Waals surface area contributed by atoms with Crippen LogP contribution in [0.3, 0.4) is 0 Å². The Morgan fingerprint density at radius 2 is 1.17 bits per heavy atom. The van der Waals surface area contributed by atoms with Gasteiger partial charge < -0.3 is 13.9 Å². The normalized spacial score (nSPS) is 14.3. The van der Waals surface area contributed by atoms with Crippen LogP contribution in [0.25, 0.3) is 94.5 Å². The molecular weight excluding hydrogens is 1060 g/mol. The number of nitrogens with zero attached hydrogens (tertiary/aromatic N) is 4. The largest absolute Gasteiger partial charge is 0.510 e. The van der Waals surface area contributed by atoms with Crippen LogP contribution < -0.4 is 9.30 Å². The van der Waals surface area contributed by atoms with Crippen molar-refractivity contribution < 1.29 is 30.4 Å². The van der Waals surface area contributed by atoms with Crippen LogP contribution in [-0.2, 0) is 37.3 Å². The number of para-hydroxylation sites is 3. The van der Waals surface area contributed by atoms with E-state index in [2.05, 4.69) is 232 Å². The molecule has 2 aliphatic rings. The molecule has 356 valence electrons. The van der Waals surface area contributed by atoms with E-state index in [4.69, 9.17) is 9.72 Å². The number of ether oxygens (including phenoxy) is 1. The topological polar surface area (TPSA) is 35.9 Å². The molecule has 0 radical (unpaired) electrons. The van der Waals surface area contributed by atoms with Crippen molar-refractivity contribution in [1.82, 2.24) is 14.1 Å². The predicted molar refractivity (Wildman–Crippen MR) is 289 cm³/mol. The number of rotatable bonds is 5. The van der Waals surface area contributed by atoms with Gasteiger partial charge in [0, 0.05) is 44.3 Å². The number of fused-ring (bicyclic) bond motifs is 11. The molecule has 6 heteroatoms. The molecule has 8 aromatic carbocycles. The van der Waals surface area contributed by atoms with Crippen LogP contribution in [0.15, 0.2) is 176 Å². The summed E-state index contributed by atoms with van der Waals surface area (Å²) in [5.74, 6) is 2.02. The van der Waals surface area contributed by atoms with Gasteiger partial charge >= 0.3 is 0 Å². The maximum absolute atomic E-state index is 6.77. The minimum absolute atomic E-state index is 0. The fourth-order valence-electron chi connectivity index (χ4n) is 11.5. The zero-order chi connectivity index (χ0) is 48.4. The SMILES string of the molecule is CC(C)(C)c1ccnc(-n2c3[c-]c(Oc4[c-]c(-n5[c-][n+]6c7c(cccc75)-c5ccccc5-c5ccccc5-c5cccc(-c7ccc8c(c7)C(C)(C)CCC8(C)C)c5-6)ccc4)ccc3c3ccccc32)c1.[Pt]. The minimum Gasteiger partial charge on any atom is -0.510 e. The molecule has 1 aliphatic carbocycles. The molecule has 3 aromatic heterocycles. The molecule has 11 aromatic rings. The Hall–Kier alpha value is -7.33. The molecule has 13 rings (SSSR count). The molecule has 0 atom stereocenters. The molecule has 0 spiro atoms. The fraction of sp³-hybridized carbons (Fsp3) is 0.182. The Morgan fingerprint density at radius 1 is 0.556 bits per heavy atom. The number of hydrogen-bond donors (Lipinski definition) is 0. The number of pyridine rings is 1. The van der Waals surface area contributed by atoms with Crippen molar-refractivity contribution in [3.8, 4) is 73.2 Å². The maximum atomic E-state index is 6.77. The molecule has 0 bridgehead atoms. The van der Waals surface area contributed by atoms with Crippen LogP contribution in [0.4, 0.5) is 0 Å². The van der Waals surface area contributed by atoms with Gasteiger partial charge in [-0.2, -0.15) is 18.2 Å². The van der Waals surface area contributed by atoms with E-state index in [1.54, 1.807) is 0 Å². The van der Waals surface area contributed by atoms with Gasteiger partial charge in [0.2, 0.25) is 0 Å². The first-order valence-electron chi connectivity index (χ1n) is 24.9. The average molecular weight is 1110 g/mol. The van der Waals surface area contributed by atoms with Gasteiger partial charge in [0.25, 0.3) is 6.33 Å². The second-order valence-corrected chi connectivity index (χ2v) is 21.9. The predicted octanol–water partition coefficient (Wildman–Crippen LogP) is 16.2. The summed E-state index contributed by atoms with van der Waals surface area (Å²) in [5, 5.41) is 2.22. The van der Waals surface area contributed by atoms with E-state index in [9.17, 15) is 0 Å². The molecular formula is C66H54N4OPt-2. The molecule has 0 N–H and O–H groups in total. The third-order valence-electron chi connectivity index (χ3n) is 15.4. The first kappa shape index (κ1) is 45.8. The van der Waals surface area contributed by atoms with Crippen LogP contribution >= 0.6 is 0 Å². The summed E-state index contributed by atoms with van der Waals surface area (Å²) in [6, 6.07) is 68.8. The smallest absolute Gasteiger partial charge is 0.268 e. The van der Waals surface area contributed by atoms with Crippen LogP contribution in [0.1, 0.15) is 78.0 Å². The van der Waals surface area contributed by atoms with Crippen LogP contribution in [0, 0.1) is 18.5 Å². The molecule has 1 aliphatic heterocycles. The van der Waals surface area contributed by atoms with Crippen molar-refractivity contribution in [3.05, 3.63) is 211 Å². The second kappa shape index (κ2) is 16.9. The molecule has 72 heavy (non-hydrogen) atoms. The summed E-state index contributed by atoms with van der Waals surface area (Å²) in [7, 11) is 0. The van der Waals surface area contributed by atoms with Gasteiger partial charge in [-0.3, -0.25) is 4.57 Å². The molecule has 5 nitrogen and oxygen atoms in total. The van der Waals surface area contributed by atoms with Gasteiger partial charge in [-0.1, -0.05) is 175 Å². The third-order valence-corrected chi connectivity index (χ3v) is 15.4. The summed E-state index contributed by atoms with van der Waals surface area (Å²) in [6.07, 6.45) is 8.19. The van der Waals surface area contributed by atoms with E-state index in [-0.39, 0.29) is 37.3 Å². The Labute approximate surface area is 436 Å². The van der Waals surface area contributed by atoms with E-state index in [1.807, 2.05) is 24.4 Å². The van der Waals surface area contributed by atoms with E-state index in [1.165, 1.54) is 50.9 Å². The molecule has 0 fully saturated rings. The summed E-state index contributed by atoms with van der Waals surface area (Å²) >= 11 is 0. The van der Waals surface area contributed by atoms with Gasteiger partial charge in [0.15, 0.2) is 0 Å². The van der Waals surface area contributed by atoms with E-state index in [0.29, 0.717) is 11.5 Å². The van der Waals surface area contributed by atoms with Gasteiger partial charge in [0.1, 0.15) is 5.82 Å². The van der Waals surface area contributed by atoms with Crippen LogP contribution in [-0.4, -0.2) is 14.1 Å². The Bertz CT molecular complexity index is 3980.